The summed E-state index contributed by atoms with van der Waals surface area (Å²) in [5.74, 6) is 0.760. The number of hydrogen-bond donors (Lipinski definition) is 0. The van der Waals surface area contributed by atoms with E-state index in [0.29, 0.717) is 39.4 Å². The number of piperidine rings is 1. The van der Waals surface area contributed by atoms with Crippen LogP contribution in [-0.4, -0.2) is 36.3 Å². The lowest BCUT2D eigenvalue weighted by molar-refractivity contribution is -0.147. The topological polar surface area (TPSA) is 55.8 Å². The highest BCUT2D eigenvalue weighted by molar-refractivity contribution is 6.35. The first-order valence-electron chi connectivity index (χ1n) is 15.5. The fourth-order valence-electron chi connectivity index (χ4n) is 5.63. The third-order valence-corrected chi connectivity index (χ3v) is 8.66. The van der Waals surface area contributed by atoms with E-state index in [-0.39, 0.29) is 17.9 Å². The second-order valence-electron chi connectivity index (χ2n) is 11.6. The zero-order chi connectivity index (χ0) is 30.6. The smallest absolute Gasteiger partial charge is 0.303 e. The number of esters is 1. The molecule has 1 heterocycles. The lowest BCUT2D eigenvalue weighted by atomic mass is 9.96. The van der Waals surface area contributed by atoms with Gasteiger partial charge in [0.1, 0.15) is 11.9 Å². The Bertz CT molecular complexity index is 1340. The standard InChI is InChI=1S/C36H43Cl2NO4/c1-3-4-5-6-7-11-35(43-26(2)40)30-10-8-9-28(22-30)24-39-20-18-27(19-21-39)25-42-32-16-17-33(34(38)23-32)36(41)29-12-14-31(37)15-13-29/h8-10,12-17,22-23,27,35H,3-7,11,18-21,24-25H2,1-2H3/t35-/m0/s1. The van der Waals surface area contributed by atoms with Gasteiger partial charge in [-0.05, 0) is 98.3 Å². The Kier molecular flexibility index (Phi) is 12.9. The van der Waals surface area contributed by atoms with Gasteiger partial charge in [-0.15, -0.1) is 0 Å². The van der Waals surface area contributed by atoms with Gasteiger partial charge in [-0.1, -0.05) is 80.1 Å². The van der Waals surface area contributed by atoms with Gasteiger partial charge >= 0.3 is 5.97 Å². The van der Waals surface area contributed by atoms with E-state index in [4.69, 9.17) is 32.7 Å². The normalized spacial score (nSPS) is 14.8. The third-order valence-electron chi connectivity index (χ3n) is 8.09. The summed E-state index contributed by atoms with van der Waals surface area (Å²) >= 11 is 12.4. The monoisotopic (exact) mass is 623 g/mol. The maximum absolute atomic E-state index is 12.8. The fourth-order valence-corrected chi connectivity index (χ4v) is 6.01. The van der Waals surface area contributed by atoms with Crippen molar-refractivity contribution in [1.29, 1.82) is 0 Å². The Morgan fingerprint density at radius 3 is 2.37 bits per heavy atom. The van der Waals surface area contributed by atoms with Crippen LogP contribution >= 0.6 is 23.2 Å². The summed E-state index contributed by atoms with van der Waals surface area (Å²) < 4.78 is 11.8. The van der Waals surface area contributed by atoms with Crippen LogP contribution in [0.2, 0.25) is 10.0 Å². The van der Waals surface area contributed by atoms with Crippen LogP contribution in [0.4, 0.5) is 0 Å². The second kappa shape index (κ2) is 16.8. The molecule has 0 radical (unpaired) electrons. The first kappa shape index (κ1) is 33.0. The van der Waals surface area contributed by atoms with E-state index in [1.54, 1.807) is 36.4 Å². The SMILES string of the molecule is CCCCCCC[C@H](OC(C)=O)c1cccc(CN2CCC(COc3ccc(C(=O)c4ccc(Cl)cc4)c(Cl)c3)CC2)c1. The lowest BCUT2D eigenvalue weighted by Gasteiger charge is -2.32. The molecule has 3 aromatic carbocycles. The van der Waals surface area contributed by atoms with Crippen LogP contribution in [-0.2, 0) is 16.1 Å². The number of nitrogens with zero attached hydrogens (tertiary/aromatic N) is 1. The van der Waals surface area contributed by atoms with E-state index in [2.05, 4.69) is 36.1 Å². The van der Waals surface area contributed by atoms with Crippen LogP contribution in [0.3, 0.4) is 0 Å². The van der Waals surface area contributed by atoms with Gasteiger partial charge in [-0.2, -0.15) is 0 Å². The molecular weight excluding hydrogens is 581 g/mol. The average molecular weight is 625 g/mol. The highest BCUT2D eigenvalue weighted by atomic mass is 35.5. The predicted octanol–water partition coefficient (Wildman–Crippen LogP) is 9.48. The van der Waals surface area contributed by atoms with Crippen molar-refractivity contribution in [3.63, 3.8) is 0 Å². The van der Waals surface area contributed by atoms with Crippen molar-refractivity contribution in [2.45, 2.75) is 77.9 Å². The summed E-state index contributed by atoms with van der Waals surface area (Å²) in [4.78, 5) is 27.1. The third kappa shape index (κ3) is 10.4. The van der Waals surface area contributed by atoms with Crippen molar-refractivity contribution in [2.24, 2.45) is 5.92 Å². The molecule has 1 atom stereocenters. The number of halogens is 2. The lowest BCUT2D eigenvalue weighted by Crippen LogP contribution is -2.35. The molecule has 0 aliphatic carbocycles. The molecule has 5 nitrogen and oxygen atoms in total. The molecule has 1 saturated heterocycles. The van der Waals surface area contributed by atoms with E-state index in [9.17, 15) is 9.59 Å². The molecule has 0 N–H and O–H groups in total. The predicted molar refractivity (Wildman–Crippen MR) is 174 cm³/mol. The van der Waals surface area contributed by atoms with Gasteiger partial charge in [0.2, 0.25) is 0 Å². The highest BCUT2D eigenvalue weighted by Crippen LogP contribution is 2.29. The second-order valence-corrected chi connectivity index (χ2v) is 12.4. The number of benzene rings is 3. The molecule has 7 heteroatoms. The van der Waals surface area contributed by atoms with E-state index < -0.39 is 0 Å². The zero-order valence-corrected chi connectivity index (χ0v) is 26.8. The van der Waals surface area contributed by atoms with Gasteiger partial charge < -0.3 is 9.47 Å². The minimum atomic E-state index is -0.224. The number of ketones is 1. The largest absolute Gasteiger partial charge is 0.493 e. The molecule has 0 unspecified atom stereocenters. The molecule has 0 spiro atoms. The summed E-state index contributed by atoms with van der Waals surface area (Å²) in [5.41, 5.74) is 3.32. The Balaban J connectivity index is 1.24. The highest BCUT2D eigenvalue weighted by Gasteiger charge is 2.21. The van der Waals surface area contributed by atoms with Gasteiger partial charge in [0.25, 0.3) is 0 Å². The summed E-state index contributed by atoms with van der Waals surface area (Å²) in [7, 11) is 0. The number of ether oxygens (including phenoxy) is 2. The Morgan fingerprint density at radius 1 is 0.930 bits per heavy atom. The molecule has 43 heavy (non-hydrogen) atoms. The zero-order valence-electron chi connectivity index (χ0n) is 25.3. The molecule has 0 amide bonds. The molecule has 1 fully saturated rings. The van der Waals surface area contributed by atoms with Crippen LogP contribution in [0.25, 0.3) is 0 Å². The number of carbonyl (C=O) groups excluding carboxylic acids is 2. The Hall–Kier alpha value is -2.86. The van der Waals surface area contributed by atoms with Crippen molar-refractivity contribution in [2.75, 3.05) is 19.7 Å². The number of likely N-dealkylation sites (tertiary alicyclic amines) is 1. The molecule has 1 aliphatic rings. The van der Waals surface area contributed by atoms with Crippen molar-refractivity contribution in [3.05, 3.63) is 99.0 Å². The van der Waals surface area contributed by atoms with Gasteiger partial charge in [0.15, 0.2) is 5.78 Å². The minimum absolute atomic E-state index is 0.143. The van der Waals surface area contributed by atoms with Crippen LogP contribution < -0.4 is 4.74 Å². The van der Waals surface area contributed by atoms with Crippen LogP contribution in [0.5, 0.6) is 5.75 Å². The Labute approximate surface area is 266 Å². The summed E-state index contributed by atoms with van der Waals surface area (Å²) in [6.45, 7) is 7.21. The van der Waals surface area contributed by atoms with Gasteiger partial charge in [0.05, 0.1) is 11.6 Å². The van der Waals surface area contributed by atoms with E-state index >= 15 is 0 Å². The van der Waals surface area contributed by atoms with Crippen molar-refractivity contribution < 1.29 is 19.1 Å². The van der Waals surface area contributed by atoms with Crippen LogP contribution in [0, 0.1) is 5.92 Å². The van der Waals surface area contributed by atoms with Crippen molar-refractivity contribution in [1.82, 2.24) is 4.90 Å². The van der Waals surface area contributed by atoms with Crippen molar-refractivity contribution >= 4 is 35.0 Å². The van der Waals surface area contributed by atoms with E-state index in [1.165, 1.54) is 38.2 Å². The molecule has 0 aromatic heterocycles. The molecule has 230 valence electrons. The summed E-state index contributed by atoms with van der Waals surface area (Å²) in [5, 5.41) is 0.960. The quantitative estimate of drug-likeness (QED) is 0.0958. The fraction of sp³-hybridized carbons (Fsp3) is 0.444. The molecular formula is C36H43Cl2NO4. The summed E-state index contributed by atoms with van der Waals surface area (Å²) in [6, 6.07) is 20.6. The van der Waals surface area contributed by atoms with E-state index in [0.717, 1.165) is 50.9 Å². The number of rotatable bonds is 15. The first-order chi connectivity index (χ1) is 20.8. The molecule has 1 aliphatic heterocycles. The number of carbonyl (C=O) groups is 2. The first-order valence-corrected chi connectivity index (χ1v) is 16.3. The molecule has 0 saturated carbocycles. The molecule has 3 aromatic rings. The van der Waals surface area contributed by atoms with Crippen LogP contribution in [0.15, 0.2) is 66.7 Å². The maximum atomic E-state index is 12.8. The molecule has 4 rings (SSSR count). The van der Waals surface area contributed by atoms with Gasteiger partial charge in [-0.25, -0.2) is 0 Å². The molecule has 0 bridgehead atoms. The van der Waals surface area contributed by atoms with Gasteiger partial charge in [-0.3, -0.25) is 14.5 Å². The number of unbranched alkanes of at least 4 members (excludes halogenated alkanes) is 4. The van der Waals surface area contributed by atoms with Gasteiger partial charge in [0, 0.05) is 29.6 Å². The average Bonchev–Trinajstić information content (AvgIpc) is 3.00. The summed E-state index contributed by atoms with van der Waals surface area (Å²) in [6.07, 6.45) is 8.73. The van der Waals surface area contributed by atoms with Crippen LogP contribution in [0.1, 0.15) is 98.4 Å². The maximum Gasteiger partial charge on any atom is 0.303 e. The Morgan fingerprint density at radius 2 is 1.67 bits per heavy atom. The van der Waals surface area contributed by atoms with E-state index in [1.807, 2.05) is 6.07 Å². The van der Waals surface area contributed by atoms with Crippen molar-refractivity contribution in [3.8, 4) is 5.75 Å². The minimum Gasteiger partial charge on any atom is -0.493 e. The number of hydrogen-bond acceptors (Lipinski definition) is 5.